The molecular weight excluding hydrogens is 398 g/mol. The summed E-state index contributed by atoms with van der Waals surface area (Å²) in [5, 5.41) is 4.14. The maximum absolute atomic E-state index is 13.4. The fourth-order valence-electron chi connectivity index (χ4n) is 3.78. The van der Waals surface area contributed by atoms with Crippen LogP contribution in [0.3, 0.4) is 0 Å². The minimum atomic E-state index is -0.287. The van der Waals surface area contributed by atoms with Crippen LogP contribution >= 0.6 is 0 Å². The Balaban J connectivity index is 1.62. The number of methoxy groups -OCH3 is 3. The van der Waals surface area contributed by atoms with Crippen LogP contribution in [0, 0.1) is 0 Å². The van der Waals surface area contributed by atoms with Crippen molar-refractivity contribution in [2.24, 2.45) is 0 Å². The third-order valence-corrected chi connectivity index (χ3v) is 5.42. The Morgan fingerprint density at radius 1 is 1.00 bits per heavy atom. The van der Waals surface area contributed by atoms with Crippen molar-refractivity contribution in [3.05, 3.63) is 53.9 Å². The molecule has 0 bridgehead atoms. The van der Waals surface area contributed by atoms with Gasteiger partial charge in [-0.3, -0.25) is 4.79 Å². The fraction of sp³-hybridized carbons (Fsp3) is 0.348. The maximum Gasteiger partial charge on any atom is 0.254 e. The number of amides is 1. The van der Waals surface area contributed by atoms with Crippen molar-refractivity contribution in [1.82, 2.24) is 15.0 Å². The van der Waals surface area contributed by atoms with Gasteiger partial charge in [0.2, 0.25) is 11.7 Å². The van der Waals surface area contributed by atoms with Crippen LogP contribution in [0.15, 0.2) is 47.0 Å². The quantitative estimate of drug-likeness (QED) is 0.589. The van der Waals surface area contributed by atoms with E-state index >= 15 is 0 Å². The number of hydrogen-bond donors (Lipinski definition) is 0. The third-order valence-electron chi connectivity index (χ3n) is 5.42. The van der Waals surface area contributed by atoms with Gasteiger partial charge in [-0.05, 0) is 43.5 Å². The summed E-state index contributed by atoms with van der Waals surface area (Å²) >= 11 is 0. The molecule has 1 aliphatic heterocycles. The predicted octanol–water partition coefficient (Wildman–Crippen LogP) is 4.13. The average Bonchev–Trinajstić information content (AvgIpc) is 3.33. The van der Waals surface area contributed by atoms with Crippen molar-refractivity contribution in [1.29, 1.82) is 0 Å². The third kappa shape index (κ3) is 4.33. The summed E-state index contributed by atoms with van der Waals surface area (Å²) in [5.74, 6) is 2.62. The number of aromatic nitrogens is 2. The van der Waals surface area contributed by atoms with E-state index in [1.165, 1.54) is 0 Å². The normalized spacial score (nSPS) is 16.1. The van der Waals surface area contributed by atoms with Gasteiger partial charge in [-0.1, -0.05) is 17.3 Å². The van der Waals surface area contributed by atoms with Crippen molar-refractivity contribution < 1.29 is 23.5 Å². The van der Waals surface area contributed by atoms with Crippen molar-refractivity contribution in [3.8, 4) is 28.6 Å². The van der Waals surface area contributed by atoms with Gasteiger partial charge in [0.1, 0.15) is 23.3 Å². The first-order chi connectivity index (χ1) is 15.1. The van der Waals surface area contributed by atoms with E-state index in [0.29, 0.717) is 41.1 Å². The molecule has 0 N–H and O–H groups in total. The Morgan fingerprint density at radius 2 is 1.74 bits per heavy atom. The van der Waals surface area contributed by atoms with Crippen LogP contribution in [0.1, 0.15) is 41.6 Å². The van der Waals surface area contributed by atoms with Crippen LogP contribution in [-0.4, -0.2) is 48.8 Å². The standard InChI is InChI=1S/C23H25N3O5/c1-28-17-8-6-7-15(11-17)21-24-22(31-25-21)20-9-4-5-10-26(20)23(27)16-12-18(29-2)14-19(13-16)30-3/h6-8,11-14,20H,4-5,9-10H2,1-3H3/t20-/m1/s1. The summed E-state index contributed by atoms with van der Waals surface area (Å²) in [6, 6.07) is 12.3. The molecule has 8 nitrogen and oxygen atoms in total. The second-order valence-electron chi connectivity index (χ2n) is 7.30. The monoisotopic (exact) mass is 423 g/mol. The van der Waals surface area contributed by atoms with Gasteiger partial charge in [0.15, 0.2) is 0 Å². The molecule has 1 amide bonds. The number of hydrogen-bond acceptors (Lipinski definition) is 7. The smallest absolute Gasteiger partial charge is 0.254 e. The molecule has 1 saturated heterocycles. The van der Waals surface area contributed by atoms with Gasteiger partial charge >= 0.3 is 0 Å². The molecule has 162 valence electrons. The van der Waals surface area contributed by atoms with Crippen LogP contribution in [0.2, 0.25) is 0 Å². The molecule has 1 aliphatic rings. The number of ether oxygens (including phenoxy) is 3. The van der Waals surface area contributed by atoms with E-state index in [1.54, 1.807) is 44.4 Å². The zero-order valence-electron chi connectivity index (χ0n) is 17.8. The second kappa shape index (κ2) is 9.07. The lowest BCUT2D eigenvalue weighted by atomic mass is 10.0. The highest BCUT2D eigenvalue weighted by atomic mass is 16.5. The minimum absolute atomic E-state index is 0.122. The molecule has 0 saturated carbocycles. The van der Waals surface area contributed by atoms with E-state index in [9.17, 15) is 4.79 Å². The van der Waals surface area contributed by atoms with Crippen LogP contribution in [-0.2, 0) is 0 Å². The lowest BCUT2D eigenvalue weighted by Crippen LogP contribution is -2.38. The van der Waals surface area contributed by atoms with E-state index < -0.39 is 0 Å². The van der Waals surface area contributed by atoms with E-state index in [2.05, 4.69) is 10.1 Å². The highest BCUT2D eigenvalue weighted by Gasteiger charge is 2.33. The summed E-state index contributed by atoms with van der Waals surface area (Å²) in [5.41, 5.74) is 1.29. The topological polar surface area (TPSA) is 86.9 Å². The first-order valence-electron chi connectivity index (χ1n) is 10.1. The molecule has 4 rings (SSSR count). The highest BCUT2D eigenvalue weighted by molar-refractivity contribution is 5.95. The molecule has 3 aromatic rings. The SMILES string of the molecule is COc1cc(OC)cc(C(=O)N2CCCC[C@@H]2c2nc(-c3cccc(OC)c3)no2)c1. The summed E-state index contributed by atoms with van der Waals surface area (Å²) in [6.45, 7) is 0.611. The second-order valence-corrected chi connectivity index (χ2v) is 7.30. The Bertz CT molecular complexity index is 1040. The zero-order valence-corrected chi connectivity index (χ0v) is 17.8. The van der Waals surface area contributed by atoms with E-state index in [0.717, 1.165) is 24.8 Å². The van der Waals surface area contributed by atoms with Crippen LogP contribution in [0.5, 0.6) is 17.2 Å². The number of rotatable bonds is 6. The average molecular weight is 423 g/mol. The molecule has 0 unspecified atom stereocenters. The Labute approximate surface area is 180 Å². The predicted molar refractivity (Wildman–Crippen MR) is 113 cm³/mol. The fourth-order valence-corrected chi connectivity index (χ4v) is 3.78. The number of benzene rings is 2. The largest absolute Gasteiger partial charge is 0.497 e. The number of piperidine rings is 1. The molecule has 0 aliphatic carbocycles. The van der Waals surface area contributed by atoms with E-state index in [1.807, 2.05) is 24.3 Å². The summed E-state index contributed by atoms with van der Waals surface area (Å²) in [4.78, 5) is 19.8. The Morgan fingerprint density at radius 3 is 2.45 bits per heavy atom. The molecule has 0 spiro atoms. The van der Waals surface area contributed by atoms with Gasteiger partial charge in [-0.25, -0.2) is 0 Å². The molecule has 1 aromatic heterocycles. The molecule has 2 heterocycles. The van der Waals surface area contributed by atoms with Crippen LogP contribution in [0.25, 0.3) is 11.4 Å². The molecule has 2 aromatic carbocycles. The molecule has 1 fully saturated rings. The van der Waals surface area contributed by atoms with Crippen molar-refractivity contribution in [2.45, 2.75) is 25.3 Å². The Hall–Kier alpha value is -3.55. The summed E-state index contributed by atoms with van der Waals surface area (Å²) < 4.78 is 21.5. The Kier molecular flexibility index (Phi) is 6.06. The number of nitrogens with zero attached hydrogens (tertiary/aromatic N) is 3. The summed E-state index contributed by atoms with van der Waals surface area (Å²) in [7, 11) is 4.73. The molecule has 1 atom stereocenters. The van der Waals surface area contributed by atoms with Gasteiger partial charge in [0.05, 0.1) is 21.3 Å². The first kappa shape index (κ1) is 20.7. The minimum Gasteiger partial charge on any atom is -0.497 e. The van der Waals surface area contributed by atoms with Gasteiger partial charge in [-0.2, -0.15) is 4.98 Å². The zero-order chi connectivity index (χ0) is 21.8. The highest BCUT2D eigenvalue weighted by Crippen LogP contribution is 2.34. The molecule has 31 heavy (non-hydrogen) atoms. The lowest BCUT2D eigenvalue weighted by Gasteiger charge is -2.33. The summed E-state index contributed by atoms with van der Waals surface area (Å²) in [6.07, 6.45) is 2.65. The molecule has 0 radical (unpaired) electrons. The van der Waals surface area contributed by atoms with E-state index in [-0.39, 0.29) is 11.9 Å². The molecular formula is C23H25N3O5. The molecule has 8 heteroatoms. The van der Waals surface area contributed by atoms with Gasteiger partial charge in [0.25, 0.3) is 5.91 Å². The van der Waals surface area contributed by atoms with Gasteiger partial charge in [0, 0.05) is 23.7 Å². The van der Waals surface area contributed by atoms with E-state index in [4.69, 9.17) is 18.7 Å². The van der Waals surface area contributed by atoms with Crippen molar-refractivity contribution >= 4 is 5.91 Å². The van der Waals surface area contributed by atoms with Crippen LogP contribution in [0.4, 0.5) is 0 Å². The number of likely N-dealkylation sites (tertiary alicyclic amines) is 1. The van der Waals surface area contributed by atoms with Crippen molar-refractivity contribution in [3.63, 3.8) is 0 Å². The first-order valence-corrected chi connectivity index (χ1v) is 10.1. The number of carbonyl (C=O) groups excluding carboxylic acids is 1. The maximum atomic E-state index is 13.4. The van der Waals surface area contributed by atoms with Gasteiger partial charge < -0.3 is 23.6 Å². The number of carbonyl (C=O) groups is 1. The lowest BCUT2D eigenvalue weighted by molar-refractivity contribution is 0.0560. The van der Waals surface area contributed by atoms with Gasteiger partial charge in [-0.15, -0.1) is 0 Å². The van der Waals surface area contributed by atoms with Crippen molar-refractivity contribution in [2.75, 3.05) is 27.9 Å². The van der Waals surface area contributed by atoms with Crippen LogP contribution < -0.4 is 14.2 Å².